The van der Waals surface area contributed by atoms with E-state index in [9.17, 15) is 14.0 Å². The topological polar surface area (TPSA) is 100 Å². The van der Waals surface area contributed by atoms with Crippen molar-refractivity contribution < 1.29 is 23.2 Å². The summed E-state index contributed by atoms with van der Waals surface area (Å²) in [5, 5.41) is 11.9. The molecule has 10 heteroatoms. The van der Waals surface area contributed by atoms with Crippen LogP contribution in [0.5, 0.6) is 0 Å². The molecule has 0 saturated heterocycles. The molecule has 0 unspecified atom stereocenters. The number of anilines is 1. The molecule has 1 heterocycles. The van der Waals surface area contributed by atoms with Crippen molar-refractivity contribution in [3.05, 3.63) is 107 Å². The molecule has 4 aromatic rings. The number of amides is 3. The molecule has 3 aromatic carbocycles. The minimum Gasteiger partial charge on any atom is -0.354 e. The third kappa shape index (κ3) is 6.72. The first-order chi connectivity index (χ1) is 19.9. The molecule has 1 aromatic heterocycles. The minimum absolute atomic E-state index is 0.0920. The van der Waals surface area contributed by atoms with Crippen LogP contribution in [-0.4, -0.2) is 36.6 Å². The Morgan fingerprint density at radius 2 is 1.76 bits per heavy atom. The van der Waals surface area contributed by atoms with Gasteiger partial charge in [0.15, 0.2) is 0 Å². The fourth-order valence-electron chi connectivity index (χ4n) is 4.61. The van der Waals surface area contributed by atoms with Crippen LogP contribution in [0.4, 0.5) is 15.1 Å². The zero-order valence-corrected chi connectivity index (χ0v) is 23.4. The molecule has 0 saturated carbocycles. The van der Waals surface area contributed by atoms with Gasteiger partial charge in [-0.1, -0.05) is 36.4 Å². The van der Waals surface area contributed by atoms with Crippen molar-refractivity contribution in [1.29, 1.82) is 0 Å². The number of nitrogens with zero attached hydrogens (tertiary/aromatic N) is 2. The van der Waals surface area contributed by atoms with Crippen molar-refractivity contribution in [2.45, 2.75) is 18.2 Å². The summed E-state index contributed by atoms with van der Waals surface area (Å²) in [6.45, 7) is 2.38. The van der Waals surface area contributed by atoms with E-state index in [1.807, 2.05) is 55.6 Å². The molecule has 3 amide bonds. The van der Waals surface area contributed by atoms with Crippen LogP contribution in [0.3, 0.4) is 0 Å². The van der Waals surface area contributed by atoms with Gasteiger partial charge in [0, 0.05) is 30.1 Å². The highest BCUT2D eigenvalue weighted by Crippen LogP contribution is 2.43. The lowest BCUT2D eigenvalue weighted by molar-refractivity contribution is -0.670. The number of rotatable bonds is 9. The van der Waals surface area contributed by atoms with Gasteiger partial charge in [0.1, 0.15) is 5.82 Å². The monoisotopic (exact) mass is 570 g/mol. The van der Waals surface area contributed by atoms with E-state index in [1.54, 1.807) is 24.0 Å². The number of carbonyl (C=O) groups excluding carboxylic acids is 2. The molecule has 0 bridgehead atoms. The first-order valence-corrected chi connectivity index (χ1v) is 14.3. The Bertz CT molecular complexity index is 1630. The third-order valence-electron chi connectivity index (χ3n) is 6.67. The number of urea groups is 1. The number of allylic oxidation sites excluding steroid dienone is 2. The van der Waals surface area contributed by atoms with Crippen molar-refractivity contribution in [2.24, 2.45) is 0 Å². The molecule has 41 heavy (non-hydrogen) atoms. The molecule has 3 N–H and O–H groups in total. The zero-order valence-electron chi connectivity index (χ0n) is 22.6. The van der Waals surface area contributed by atoms with Gasteiger partial charge < -0.3 is 10.6 Å². The van der Waals surface area contributed by atoms with E-state index in [0.29, 0.717) is 0 Å². The van der Waals surface area contributed by atoms with Crippen molar-refractivity contribution in [2.75, 3.05) is 24.7 Å². The molecule has 8 nitrogen and oxygen atoms in total. The highest BCUT2D eigenvalue weighted by Gasteiger charge is 2.26. The van der Waals surface area contributed by atoms with E-state index in [4.69, 9.17) is 4.52 Å². The summed E-state index contributed by atoms with van der Waals surface area (Å²) in [6.07, 6.45) is 5.74. The van der Waals surface area contributed by atoms with Crippen molar-refractivity contribution in [3.8, 4) is 5.69 Å². The number of benzene rings is 3. The Hall–Kier alpha value is -4.70. The number of para-hydroxylation sites is 1. The lowest BCUT2D eigenvalue weighted by Crippen LogP contribution is -2.37. The van der Waals surface area contributed by atoms with Crippen LogP contribution >= 0.6 is 11.8 Å². The molecule has 1 aliphatic rings. The van der Waals surface area contributed by atoms with Crippen LogP contribution in [-0.2, 0) is 4.79 Å². The van der Waals surface area contributed by atoms with Crippen molar-refractivity contribution in [3.63, 3.8) is 0 Å². The van der Waals surface area contributed by atoms with Crippen LogP contribution in [0.25, 0.3) is 22.9 Å². The summed E-state index contributed by atoms with van der Waals surface area (Å²) in [6, 6.07) is 21.8. The predicted molar refractivity (Wildman–Crippen MR) is 158 cm³/mol. The van der Waals surface area contributed by atoms with E-state index in [0.717, 1.165) is 39.1 Å². The molecule has 5 rings (SSSR count). The quantitative estimate of drug-likeness (QED) is 0.141. The maximum absolute atomic E-state index is 14.2. The molecule has 0 atom stereocenters. The Morgan fingerprint density at radius 3 is 2.51 bits per heavy atom. The van der Waals surface area contributed by atoms with Crippen molar-refractivity contribution >= 4 is 46.8 Å². The Kier molecular flexibility index (Phi) is 8.59. The Balaban J connectivity index is 1.16. The second-order valence-electron chi connectivity index (χ2n) is 9.38. The second-order valence-corrected chi connectivity index (χ2v) is 10.3. The average Bonchev–Trinajstić information content (AvgIpc) is 3.54. The molecule has 0 radical (unpaired) electrons. The average molecular weight is 571 g/mol. The highest BCUT2D eigenvalue weighted by atomic mass is 32.2. The van der Waals surface area contributed by atoms with Gasteiger partial charge in [-0.15, -0.1) is 11.8 Å². The van der Waals surface area contributed by atoms with Crippen LogP contribution in [0.2, 0.25) is 0 Å². The number of thioether (sulfide) groups is 1. The van der Waals surface area contributed by atoms with Gasteiger partial charge >= 0.3 is 11.9 Å². The van der Waals surface area contributed by atoms with Gasteiger partial charge in [0.25, 0.3) is 6.20 Å². The number of aromatic nitrogens is 2. The number of fused-ring (bicyclic) bond motifs is 1. The lowest BCUT2D eigenvalue weighted by atomic mass is 10.0. The van der Waals surface area contributed by atoms with Crippen LogP contribution in [0.15, 0.2) is 94.0 Å². The highest BCUT2D eigenvalue weighted by molar-refractivity contribution is 7.98. The maximum Gasteiger partial charge on any atom is 0.321 e. The normalized spacial score (nSPS) is 13.3. The van der Waals surface area contributed by atoms with Crippen LogP contribution in [0.1, 0.15) is 30.0 Å². The first-order valence-electron chi connectivity index (χ1n) is 13.0. The Morgan fingerprint density at radius 1 is 1.00 bits per heavy atom. The minimum atomic E-state index is -0.491. The number of carbonyl (C=O) groups is 2. The molecular formula is C31H29FN5O3S+. The van der Waals surface area contributed by atoms with Crippen molar-refractivity contribution in [1.82, 2.24) is 15.9 Å². The fraction of sp³-hybridized carbons (Fsp3) is 0.161. The number of hydrogen-bond acceptors (Lipinski definition) is 5. The van der Waals surface area contributed by atoms with Crippen LogP contribution < -0.4 is 20.6 Å². The number of halogens is 1. The lowest BCUT2D eigenvalue weighted by Gasteiger charge is -2.09. The van der Waals surface area contributed by atoms with Gasteiger partial charge in [-0.25, -0.2) is 9.18 Å². The molecule has 208 valence electrons. The molecule has 0 aliphatic heterocycles. The summed E-state index contributed by atoms with van der Waals surface area (Å²) in [5.41, 5.74) is 6.14. The first kappa shape index (κ1) is 27.9. The predicted octanol–water partition coefficient (Wildman–Crippen LogP) is 5.47. The zero-order chi connectivity index (χ0) is 28.8. The van der Waals surface area contributed by atoms with Crippen LogP contribution in [0, 0.1) is 5.82 Å². The molecule has 1 aliphatic carbocycles. The van der Waals surface area contributed by atoms with Gasteiger partial charge in [-0.2, -0.15) is 0 Å². The molecular weight excluding hydrogens is 541 g/mol. The SMILES string of the molecule is CSc1ccc(/C=C2/C(C)=C(CC(=O)NCCNC(=O)Nc3c[n+](-c4ccccc4)no3)c3cc(F)ccc32)cc1. The summed E-state index contributed by atoms with van der Waals surface area (Å²) in [4.78, 5) is 26.2. The summed E-state index contributed by atoms with van der Waals surface area (Å²) < 4.78 is 20.8. The van der Waals surface area contributed by atoms with Gasteiger partial charge in [0.05, 0.1) is 6.42 Å². The summed E-state index contributed by atoms with van der Waals surface area (Å²) in [5.74, 6) is -0.397. The molecule has 0 spiro atoms. The van der Waals surface area contributed by atoms with Gasteiger partial charge in [-0.3, -0.25) is 14.6 Å². The smallest absolute Gasteiger partial charge is 0.321 e. The van der Waals surface area contributed by atoms with E-state index in [2.05, 4.69) is 39.4 Å². The maximum atomic E-state index is 14.2. The largest absolute Gasteiger partial charge is 0.354 e. The standard InChI is InChI=1S/C31H28FN5O3S/c1-20-26(16-21-8-11-24(41-2)12-9-21)25-13-10-22(32)17-28(25)27(20)18-29(38)33-14-15-34-31(39)35-30-19-37(36-40-30)23-6-4-3-5-7-23/h3-13,16-17,19H,14-15,18H2,1-2H3,(H2-,33,34,35,36,38,39)/p+1/b26-16-. The van der Waals surface area contributed by atoms with E-state index in [-0.39, 0.29) is 37.1 Å². The van der Waals surface area contributed by atoms with E-state index < -0.39 is 6.03 Å². The van der Waals surface area contributed by atoms with Gasteiger partial charge in [0.2, 0.25) is 16.9 Å². The summed E-state index contributed by atoms with van der Waals surface area (Å²) >= 11 is 1.68. The van der Waals surface area contributed by atoms with Gasteiger partial charge in [-0.05, 0) is 81.6 Å². The van der Waals surface area contributed by atoms with E-state index in [1.165, 1.54) is 21.7 Å². The molecule has 0 fully saturated rings. The third-order valence-corrected chi connectivity index (χ3v) is 7.42. The summed E-state index contributed by atoms with van der Waals surface area (Å²) in [7, 11) is 0. The van der Waals surface area contributed by atoms with E-state index >= 15 is 0 Å². The second kappa shape index (κ2) is 12.6. The number of nitrogens with one attached hydrogen (secondary N) is 3. The fourth-order valence-corrected chi connectivity index (χ4v) is 5.02. The number of hydrogen-bond donors (Lipinski definition) is 3. The Labute approximate surface area is 241 Å².